The van der Waals surface area contributed by atoms with E-state index in [-0.39, 0.29) is 23.4 Å². The van der Waals surface area contributed by atoms with Crippen molar-refractivity contribution in [1.82, 2.24) is 4.90 Å². The normalized spacial score (nSPS) is 15.1. The zero-order chi connectivity index (χ0) is 21.1. The number of amides is 1. The lowest BCUT2D eigenvalue weighted by Crippen LogP contribution is -2.47. The summed E-state index contributed by atoms with van der Waals surface area (Å²) < 4.78 is 52.9. The average Bonchev–Trinajstić information content (AvgIpc) is 2.65. The van der Waals surface area contributed by atoms with Gasteiger partial charge in [-0.1, -0.05) is 18.2 Å². The highest BCUT2D eigenvalue weighted by atomic mass is 19.4. The lowest BCUT2D eigenvalue weighted by Gasteiger charge is -2.37. The van der Waals surface area contributed by atoms with Gasteiger partial charge in [-0.15, -0.1) is 0 Å². The number of rotatable bonds is 7. The van der Waals surface area contributed by atoms with E-state index in [1.165, 1.54) is 24.3 Å². The molecule has 1 heterocycles. The van der Waals surface area contributed by atoms with Gasteiger partial charge in [0, 0.05) is 5.56 Å². The highest BCUT2D eigenvalue weighted by molar-refractivity contribution is 6.15. The highest BCUT2D eigenvalue weighted by Gasteiger charge is 2.46. The molecule has 1 aromatic rings. The monoisotopic (exact) mass is 401 g/mol. The first kappa shape index (κ1) is 21.3. The van der Waals surface area contributed by atoms with Gasteiger partial charge in [-0.3, -0.25) is 14.5 Å². The number of carbonyl (C=O) groups is 3. The molecule has 28 heavy (non-hydrogen) atoms. The smallest absolute Gasteiger partial charge is 0.425 e. The quantitative estimate of drug-likeness (QED) is 0.653. The summed E-state index contributed by atoms with van der Waals surface area (Å²) in [5, 5.41) is 0. The molecule has 2 rings (SSSR count). The fraction of sp³-hybridized carbons (Fsp3) is 0.389. The van der Waals surface area contributed by atoms with Crippen LogP contribution in [0.15, 0.2) is 30.0 Å². The van der Waals surface area contributed by atoms with Crippen molar-refractivity contribution >= 4 is 23.5 Å². The molecule has 1 amide bonds. The first-order valence-electron chi connectivity index (χ1n) is 8.24. The molecule has 0 aliphatic carbocycles. The van der Waals surface area contributed by atoms with Crippen LogP contribution in [0.1, 0.15) is 29.8 Å². The van der Waals surface area contributed by atoms with E-state index in [0.717, 1.165) is 18.9 Å². The van der Waals surface area contributed by atoms with Crippen LogP contribution >= 0.6 is 0 Å². The number of ether oxygens (including phenoxy) is 3. The molecule has 10 heteroatoms. The van der Waals surface area contributed by atoms with Gasteiger partial charge in [-0.25, -0.2) is 4.79 Å². The molecule has 0 aromatic heterocycles. The van der Waals surface area contributed by atoms with Crippen molar-refractivity contribution in [1.29, 1.82) is 0 Å². The van der Waals surface area contributed by atoms with Crippen LogP contribution in [-0.2, 0) is 23.8 Å². The second-order valence-corrected chi connectivity index (χ2v) is 5.71. The molecule has 1 unspecified atom stereocenters. The molecule has 0 fully saturated rings. The number of hydrogen-bond acceptors (Lipinski definition) is 6. The third-order valence-electron chi connectivity index (χ3n) is 3.86. The maximum atomic E-state index is 12.9. The minimum atomic E-state index is -4.71. The SMILES string of the molecule is CCOC(=O)CN1C(=O)C(OC(C)C(F)(F)F)=C1c1ccccc1C(=O)OC. The number of alkyl halides is 3. The number of benzene rings is 1. The second kappa shape index (κ2) is 8.32. The van der Waals surface area contributed by atoms with Gasteiger partial charge in [0.05, 0.1) is 19.3 Å². The van der Waals surface area contributed by atoms with E-state index in [0.29, 0.717) is 0 Å². The molecule has 1 atom stereocenters. The van der Waals surface area contributed by atoms with E-state index in [1.54, 1.807) is 6.92 Å². The Morgan fingerprint density at radius 3 is 2.43 bits per heavy atom. The van der Waals surface area contributed by atoms with Crippen molar-refractivity contribution in [3.63, 3.8) is 0 Å². The van der Waals surface area contributed by atoms with Gasteiger partial charge < -0.3 is 14.2 Å². The van der Waals surface area contributed by atoms with Crippen molar-refractivity contribution < 1.29 is 41.8 Å². The Kier molecular flexibility index (Phi) is 6.32. The number of halogens is 3. The van der Waals surface area contributed by atoms with E-state index >= 15 is 0 Å². The second-order valence-electron chi connectivity index (χ2n) is 5.71. The molecule has 0 radical (unpaired) electrons. The van der Waals surface area contributed by atoms with E-state index in [2.05, 4.69) is 4.74 Å². The van der Waals surface area contributed by atoms with E-state index in [1.807, 2.05) is 0 Å². The zero-order valence-electron chi connectivity index (χ0n) is 15.3. The van der Waals surface area contributed by atoms with Crippen LogP contribution in [0.5, 0.6) is 0 Å². The molecule has 0 bridgehead atoms. The summed E-state index contributed by atoms with van der Waals surface area (Å²) in [6.45, 7) is 1.84. The Labute approximate surface area is 158 Å². The summed E-state index contributed by atoms with van der Waals surface area (Å²) in [4.78, 5) is 37.1. The van der Waals surface area contributed by atoms with Crippen molar-refractivity contribution in [2.24, 2.45) is 0 Å². The molecular weight excluding hydrogens is 383 g/mol. The molecule has 1 aliphatic rings. The Morgan fingerprint density at radius 2 is 1.86 bits per heavy atom. The van der Waals surface area contributed by atoms with Crippen LogP contribution in [-0.4, -0.2) is 55.3 Å². The van der Waals surface area contributed by atoms with Gasteiger partial charge in [0.2, 0.25) is 5.76 Å². The first-order chi connectivity index (χ1) is 13.1. The molecule has 1 aliphatic heterocycles. The first-order valence-corrected chi connectivity index (χ1v) is 8.24. The van der Waals surface area contributed by atoms with Gasteiger partial charge in [0.1, 0.15) is 12.2 Å². The minimum absolute atomic E-state index is 0.00196. The number of hydrogen-bond donors (Lipinski definition) is 0. The maximum Gasteiger partial charge on any atom is 0.425 e. The fourth-order valence-corrected chi connectivity index (χ4v) is 2.48. The largest absolute Gasteiger partial charge is 0.474 e. The number of esters is 2. The van der Waals surface area contributed by atoms with Crippen molar-refractivity contribution in [3.8, 4) is 0 Å². The Bertz CT molecular complexity index is 818. The number of nitrogens with zero attached hydrogens (tertiary/aromatic N) is 1. The third kappa shape index (κ3) is 4.26. The standard InChI is InChI=1S/C18H18F3NO6/c1-4-27-13(23)9-22-14(11-7-5-6-8-12(11)17(25)26-3)15(16(22)24)28-10(2)18(19,20)21/h5-8,10H,4,9H2,1-3H3. The Balaban J connectivity index is 2.51. The molecule has 7 nitrogen and oxygen atoms in total. The molecular formula is C18H18F3NO6. The topological polar surface area (TPSA) is 82.1 Å². The third-order valence-corrected chi connectivity index (χ3v) is 3.86. The van der Waals surface area contributed by atoms with Crippen molar-refractivity contribution in [2.45, 2.75) is 26.1 Å². The van der Waals surface area contributed by atoms with Crippen LogP contribution in [0.4, 0.5) is 13.2 Å². The summed E-state index contributed by atoms with van der Waals surface area (Å²) in [5.74, 6) is -3.03. The molecule has 0 spiro atoms. The van der Waals surface area contributed by atoms with Gasteiger partial charge in [0.25, 0.3) is 5.91 Å². The predicted molar refractivity (Wildman–Crippen MR) is 89.6 cm³/mol. The van der Waals surface area contributed by atoms with Gasteiger partial charge in [-0.05, 0) is 19.9 Å². The molecule has 152 valence electrons. The number of methoxy groups -OCH3 is 1. The Hall–Kier alpha value is -3.04. The Morgan fingerprint density at radius 1 is 1.21 bits per heavy atom. The predicted octanol–water partition coefficient (Wildman–Crippen LogP) is 2.51. The van der Waals surface area contributed by atoms with Gasteiger partial charge in [0.15, 0.2) is 6.10 Å². The zero-order valence-corrected chi connectivity index (χ0v) is 15.3. The molecule has 0 N–H and O–H groups in total. The summed E-state index contributed by atoms with van der Waals surface area (Å²) in [7, 11) is 1.14. The van der Waals surface area contributed by atoms with Gasteiger partial charge >= 0.3 is 18.1 Å². The van der Waals surface area contributed by atoms with Crippen LogP contribution in [0.25, 0.3) is 5.70 Å². The van der Waals surface area contributed by atoms with E-state index in [4.69, 9.17) is 9.47 Å². The number of carbonyl (C=O) groups excluding carboxylic acids is 3. The van der Waals surface area contributed by atoms with Crippen molar-refractivity contribution in [3.05, 3.63) is 41.2 Å². The fourth-order valence-electron chi connectivity index (χ4n) is 2.48. The van der Waals surface area contributed by atoms with Crippen LogP contribution in [0, 0.1) is 0 Å². The summed E-state index contributed by atoms with van der Waals surface area (Å²) >= 11 is 0. The van der Waals surface area contributed by atoms with Gasteiger partial charge in [-0.2, -0.15) is 13.2 Å². The lowest BCUT2D eigenvalue weighted by molar-refractivity contribution is -0.206. The summed E-state index contributed by atoms with van der Waals surface area (Å²) in [6, 6.07) is 5.83. The summed E-state index contributed by atoms with van der Waals surface area (Å²) in [5.41, 5.74) is -0.0140. The molecule has 1 aromatic carbocycles. The van der Waals surface area contributed by atoms with Crippen LogP contribution in [0.3, 0.4) is 0 Å². The highest BCUT2D eigenvalue weighted by Crippen LogP contribution is 2.38. The minimum Gasteiger partial charge on any atom is -0.474 e. The van der Waals surface area contributed by atoms with E-state index < -0.39 is 42.4 Å². The van der Waals surface area contributed by atoms with E-state index in [9.17, 15) is 27.6 Å². The van der Waals surface area contributed by atoms with Crippen LogP contribution in [0.2, 0.25) is 0 Å². The van der Waals surface area contributed by atoms with Crippen molar-refractivity contribution in [2.75, 3.05) is 20.3 Å². The van der Waals surface area contributed by atoms with Crippen LogP contribution < -0.4 is 0 Å². The average molecular weight is 401 g/mol. The lowest BCUT2D eigenvalue weighted by atomic mass is 9.97. The summed E-state index contributed by atoms with van der Waals surface area (Å²) in [6.07, 6.45) is -6.97. The maximum absolute atomic E-state index is 12.9. The molecule has 0 saturated carbocycles. The molecule has 0 saturated heterocycles.